The number of carbonyl (C=O) groups is 2. The maximum Gasteiger partial charge on any atom is 0.219 e. The number of benzene rings is 1. The summed E-state index contributed by atoms with van der Waals surface area (Å²) in [5.41, 5.74) is 3.28. The Bertz CT molecular complexity index is 870. The highest BCUT2D eigenvalue weighted by Crippen LogP contribution is 2.39. The van der Waals surface area contributed by atoms with E-state index in [2.05, 4.69) is 32.5 Å². The summed E-state index contributed by atoms with van der Waals surface area (Å²) < 4.78 is 0. The van der Waals surface area contributed by atoms with Crippen LogP contribution in [0.4, 0.5) is 0 Å². The number of rotatable bonds is 4. The third kappa shape index (κ3) is 4.05. The van der Waals surface area contributed by atoms with Crippen molar-refractivity contribution in [3.63, 3.8) is 0 Å². The molecule has 2 saturated heterocycles. The summed E-state index contributed by atoms with van der Waals surface area (Å²) in [6.45, 7) is 6.50. The number of carbonyl (C=O) groups excluding carboxylic acids is 2. The van der Waals surface area contributed by atoms with Crippen molar-refractivity contribution in [2.24, 2.45) is 0 Å². The molecule has 0 aliphatic carbocycles. The van der Waals surface area contributed by atoms with Gasteiger partial charge in [-0.25, -0.2) is 0 Å². The normalized spacial score (nSPS) is 21.4. The lowest BCUT2D eigenvalue weighted by Gasteiger charge is -2.44. The van der Waals surface area contributed by atoms with Crippen LogP contribution in [0.25, 0.3) is 11.3 Å². The molecule has 4 rings (SSSR count). The van der Waals surface area contributed by atoms with Crippen molar-refractivity contribution in [3.05, 3.63) is 42.1 Å². The summed E-state index contributed by atoms with van der Waals surface area (Å²) >= 11 is 0. The molecule has 0 radical (unpaired) electrons. The van der Waals surface area contributed by atoms with Crippen molar-refractivity contribution < 1.29 is 9.59 Å². The molecule has 1 spiro atoms. The quantitative estimate of drug-likeness (QED) is 0.831. The summed E-state index contributed by atoms with van der Waals surface area (Å²) in [5, 5.41) is 10.4. The summed E-state index contributed by atoms with van der Waals surface area (Å²) in [5.74, 6) is 0.0777. The first-order valence-electron chi connectivity index (χ1n) is 10.3. The Kier molecular flexibility index (Phi) is 5.41. The number of hydrogen-bond donors (Lipinski definition) is 2. The molecule has 7 nitrogen and oxygen atoms in total. The maximum atomic E-state index is 12.3. The molecule has 0 unspecified atom stereocenters. The van der Waals surface area contributed by atoms with E-state index in [1.54, 1.807) is 13.8 Å². The zero-order valence-electron chi connectivity index (χ0n) is 17.1. The van der Waals surface area contributed by atoms with Crippen LogP contribution in [-0.2, 0) is 16.1 Å². The van der Waals surface area contributed by atoms with Crippen molar-refractivity contribution in [1.82, 2.24) is 25.3 Å². The van der Waals surface area contributed by atoms with Crippen LogP contribution < -0.4 is 5.32 Å². The molecule has 2 fully saturated rings. The fourth-order valence-electron chi connectivity index (χ4n) is 5.02. The predicted molar refractivity (Wildman–Crippen MR) is 111 cm³/mol. The van der Waals surface area contributed by atoms with Gasteiger partial charge in [0.1, 0.15) is 0 Å². The lowest BCUT2D eigenvalue weighted by atomic mass is 9.84. The van der Waals surface area contributed by atoms with Crippen LogP contribution in [0.3, 0.4) is 0 Å². The zero-order valence-corrected chi connectivity index (χ0v) is 17.1. The van der Waals surface area contributed by atoms with Gasteiger partial charge in [0.25, 0.3) is 0 Å². The minimum absolute atomic E-state index is 0.0265. The van der Waals surface area contributed by atoms with Gasteiger partial charge < -0.3 is 10.2 Å². The molecule has 2 aromatic rings. The number of aromatic nitrogens is 2. The van der Waals surface area contributed by atoms with Crippen LogP contribution in [0, 0.1) is 0 Å². The average Bonchev–Trinajstić information content (AvgIpc) is 3.29. The minimum Gasteiger partial charge on any atom is -0.352 e. The van der Waals surface area contributed by atoms with Crippen LogP contribution >= 0.6 is 0 Å². The molecule has 29 heavy (non-hydrogen) atoms. The van der Waals surface area contributed by atoms with Gasteiger partial charge in [-0.3, -0.25) is 19.6 Å². The topological polar surface area (TPSA) is 81.3 Å². The molecule has 1 aromatic heterocycles. The molecule has 2 aliphatic heterocycles. The number of amides is 2. The number of H-pyrrole nitrogens is 1. The van der Waals surface area contributed by atoms with E-state index in [0.29, 0.717) is 6.54 Å². The summed E-state index contributed by atoms with van der Waals surface area (Å²) in [4.78, 5) is 28.2. The van der Waals surface area contributed by atoms with Crippen molar-refractivity contribution >= 4 is 11.8 Å². The van der Waals surface area contributed by atoms with Crippen LogP contribution in [0.2, 0.25) is 0 Å². The van der Waals surface area contributed by atoms with Crippen LogP contribution in [0.15, 0.2) is 36.5 Å². The SMILES string of the molecule is CC(=O)N[C@@H]1CN(C(C)=O)C2(CCN(Cc3cn[nH]c3-c3ccccc3)CC2)C1. The Morgan fingerprint density at radius 1 is 1.21 bits per heavy atom. The van der Waals surface area contributed by atoms with Crippen LogP contribution in [0.5, 0.6) is 0 Å². The molecule has 7 heteroatoms. The second-order valence-electron chi connectivity index (χ2n) is 8.37. The number of aromatic amines is 1. The van der Waals surface area contributed by atoms with E-state index in [9.17, 15) is 9.59 Å². The molecule has 2 N–H and O–H groups in total. The maximum absolute atomic E-state index is 12.3. The second-order valence-corrected chi connectivity index (χ2v) is 8.37. The Labute approximate surface area is 171 Å². The van der Waals surface area contributed by atoms with Crippen molar-refractivity contribution in [2.75, 3.05) is 19.6 Å². The van der Waals surface area contributed by atoms with Gasteiger partial charge in [0.05, 0.1) is 11.9 Å². The van der Waals surface area contributed by atoms with Gasteiger partial charge in [-0.1, -0.05) is 30.3 Å². The van der Waals surface area contributed by atoms with Crippen molar-refractivity contribution in [2.45, 2.75) is 51.2 Å². The molecule has 1 aromatic carbocycles. The summed E-state index contributed by atoms with van der Waals surface area (Å²) in [6.07, 6.45) is 4.63. The molecule has 1 atom stereocenters. The molecule has 0 bridgehead atoms. The van der Waals surface area contributed by atoms with Gasteiger partial charge in [-0.2, -0.15) is 5.10 Å². The molecular weight excluding hydrogens is 366 g/mol. The number of nitrogens with one attached hydrogen (secondary N) is 2. The van der Waals surface area contributed by atoms with Gasteiger partial charge in [0.2, 0.25) is 11.8 Å². The van der Waals surface area contributed by atoms with E-state index in [4.69, 9.17) is 0 Å². The number of nitrogens with zero attached hydrogens (tertiary/aromatic N) is 3. The van der Waals surface area contributed by atoms with E-state index in [1.165, 1.54) is 5.56 Å². The fourth-order valence-corrected chi connectivity index (χ4v) is 5.02. The van der Waals surface area contributed by atoms with Crippen molar-refractivity contribution in [1.29, 1.82) is 0 Å². The lowest BCUT2D eigenvalue weighted by molar-refractivity contribution is -0.134. The van der Waals surface area contributed by atoms with Gasteiger partial charge in [-0.15, -0.1) is 0 Å². The third-order valence-electron chi connectivity index (χ3n) is 6.35. The molecule has 2 aliphatic rings. The van der Waals surface area contributed by atoms with Gasteiger partial charge in [0, 0.05) is 57.2 Å². The van der Waals surface area contributed by atoms with E-state index < -0.39 is 0 Å². The molecule has 154 valence electrons. The lowest BCUT2D eigenvalue weighted by Crippen LogP contribution is -2.53. The monoisotopic (exact) mass is 395 g/mol. The standard InChI is InChI=1S/C22H29N5O2/c1-16(28)24-20-12-22(27(15-20)17(2)29)8-10-26(11-9-22)14-19-13-23-25-21(19)18-6-4-3-5-7-18/h3-7,13,20H,8-12,14-15H2,1-2H3,(H,23,25)(H,24,28)/t20-/m0/s1. The molecule has 3 heterocycles. The molecule has 0 saturated carbocycles. The molecular formula is C22H29N5O2. The van der Waals surface area contributed by atoms with Crippen molar-refractivity contribution in [3.8, 4) is 11.3 Å². The fraction of sp³-hybridized carbons (Fsp3) is 0.500. The highest BCUT2D eigenvalue weighted by Gasteiger charge is 2.48. The second kappa shape index (κ2) is 7.99. The Morgan fingerprint density at radius 3 is 2.59 bits per heavy atom. The van der Waals surface area contributed by atoms with Crippen LogP contribution in [-0.4, -0.2) is 63.0 Å². The number of piperidine rings is 1. The minimum atomic E-state index is -0.131. The van der Waals surface area contributed by atoms with E-state index in [0.717, 1.165) is 50.2 Å². The first kappa shape index (κ1) is 19.6. The Morgan fingerprint density at radius 2 is 1.93 bits per heavy atom. The average molecular weight is 396 g/mol. The first-order chi connectivity index (χ1) is 14.0. The highest BCUT2D eigenvalue weighted by atomic mass is 16.2. The smallest absolute Gasteiger partial charge is 0.219 e. The Hall–Kier alpha value is -2.67. The van der Waals surface area contributed by atoms with E-state index in [1.807, 2.05) is 29.3 Å². The summed E-state index contributed by atoms with van der Waals surface area (Å²) in [7, 11) is 0. The third-order valence-corrected chi connectivity index (χ3v) is 6.35. The van der Waals surface area contributed by atoms with Gasteiger partial charge in [-0.05, 0) is 24.8 Å². The Balaban J connectivity index is 1.43. The highest BCUT2D eigenvalue weighted by molar-refractivity contribution is 5.76. The van der Waals surface area contributed by atoms with Gasteiger partial charge >= 0.3 is 0 Å². The largest absolute Gasteiger partial charge is 0.352 e. The van der Waals surface area contributed by atoms with E-state index >= 15 is 0 Å². The number of likely N-dealkylation sites (tertiary alicyclic amines) is 2. The predicted octanol–water partition coefficient (Wildman–Crippen LogP) is 2.17. The zero-order chi connectivity index (χ0) is 20.4. The van der Waals surface area contributed by atoms with Crippen LogP contribution in [0.1, 0.15) is 38.7 Å². The first-order valence-corrected chi connectivity index (χ1v) is 10.3. The summed E-state index contributed by atoms with van der Waals surface area (Å²) in [6, 6.07) is 10.3. The van der Waals surface area contributed by atoms with Gasteiger partial charge in [0.15, 0.2) is 0 Å². The molecule has 2 amide bonds. The number of hydrogen-bond acceptors (Lipinski definition) is 4. The van der Waals surface area contributed by atoms with E-state index in [-0.39, 0.29) is 23.4 Å².